The Bertz CT molecular complexity index is 413. The largest absolute Gasteiger partial charge is 0.416 e. The zero-order valence-electron chi connectivity index (χ0n) is 10.3. The summed E-state index contributed by atoms with van der Waals surface area (Å²) in [5.74, 6) is 0.565. The first kappa shape index (κ1) is 14.3. The summed E-state index contributed by atoms with van der Waals surface area (Å²) in [6.45, 7) is 2.91. The summed E-state index contributed by atoms with van der Waals surface area (Å²) in [5.41, 5.74) is -0.0795. The van der Waals surface area contributed by atoms with Crippen LogP contribution in [0.25, 0.3) is 0 Å². The quantitative estimate of drug-likeness (QED) is 0.646. The molecule has 0 aliphatic carbocycles. The predicted molar refractivity (Wildman–Crippen MR) is 65.3 cm³/mol. The second-order valence-corrected chi connectivity index (χ2v) is 3.65. The van der Waals surface area contributed by atoms with Crippen LogP contribution in [0.15, 0.2) is 29.3 Å². The molecule has 0 spiro atoms. The van der Waals surface area contributed by atoms with Crippen LogP contribution in [0.4, 0.5) is 13.2 Å². The fraction of sp³-hybridized carbons (Fsp3) is 0.417. The van der Waals surface area contributed by atoms with E-state index in [4.69, 9.17) is 0 Å². The smallest absolute Gasteiger partial charge is 0.357 e. The van der Waals surface area contributed by atoms with Gasteiger partial charge in [-0.1, -0.05) is 12.1 Å². The van der Waals surface area contributed by atoms with Gasteiger partial charge in [0.05, 0.1) is 5.56 Å². The van der Waals surface area contributed by atoms with Crippen molar-refractivity contribution in [2.45, 2.75) is 19.6 Å². The Balaban J connectivity index is 2.68. The van der Waals surface area contributed by atoms with Gasteiger partial charge in [0.1, 0.15) is 0 Å². The molecule has 0 heterocycles. The van der Waals surface area contributed by atoms with Gasteiger partial charge in [-0.3, -0.25) is 4.99 Å². The second kappa shape index (κ2) is 6.28. The summed E-state index contributed by atoms with van der Waals surface area (Å²) in [6.07, 6.45) is -4.31. The van der Waals surface area contributed by atoms with Crippen molar-refractivity contribution in [2.24, 2.45) is 4.99 Å². The van der Waals surface area contributed by atoms with Gasteiger partial charge >= 0.3 is 6.18 Å². The fourth-order valence-electron chi connectivity index (χ4n) is 1.43. The molecular weight excluding hydrogens is 243 g/mol. The minimum absolute atomic E-state index is 0.295. The third kappa shape index (κ3) is 4.27. The van der Waals surface area contributed by atoms with E-state index in [0.29, 0.717) is 24.6 Å². The van der Waals surface area contributed by atoms with Crippen molar-refractivity contribution in [3.8, 4) is 0 Å². The predicted octanol–water partition coefficient (Wildman–Crippen LogP) is 2.39. The molecule has 1 aromatic carbocycles. The minimum Gasteiger partial charge on any atom is -0.357 e. The number of guanidine groups is 1. The molecule has 0 amide bonds. The molecule has 0 aliphatic rings. The average Bonchev–Trinajstić information content (AvgIpc) is 2.34. The van der Waals surface area contributed by atoms with E-state index in [2.05, 4.69) is 15.6 Å². The first-order valence-electron chi connectivity index (χ1n) is 5.58. The Morgan fingerprint density at radius 1 is 1.28 bits per heavy atom. The van der Waals surface area contributed by atoms with Crippen molar-refractivity contribution in [3.63, 3.8) is 0 Å². The highest BCUT2D eigenvalue weighted by atomic mass is 19.4. The highest BCUT2D eigenvalue weighted by Crippen LogP contribution is 2.29. The van der Waals surface area contributed by atoms with Gasteiger partial charge in [-0.2, -0.15) is 13.2 Å². The summed E-state index contributed by atoms with van der Waals surface area (Å²) in [5, 5.41) is 5.90. The monoisotopic (exact) mass is 259 g/mol. The molecule has 0 bridgehead atoms. The molecule has 0 saturated carbocycles. The van der Waals surface area contributed by atoms with Gasteiger partial charge in [-0.15, -0.1) is 0 Å². The molecule has 1 rings (SSSR count). The molecule has 100 valence electrons. The van der Waals surface area contributed by atoms with Gasteiger partial charge in [0.25, 0.3) is 0 Å². The van der Waals surface area contributed by atoms with Crippen molar-refractivity contribution >= 4 is 5.96 Å². The Hall–Kier alpha value is -1.72. The third-order valence-electron chi connectivity index (χ3n) is 2.28. The molecule has 0 aromatic heterocycles. The average molecular weight is 259 g/mol. The standard InChI is InChI=1S/C12H16F3N3/c1-3-17-11(16-2)18-8-9-5-4-6-10(7-9)12(13,14)15/h4-7H,3,8H2,1-2H3,(H2,16,17,18). The Labute approximate surface area is 104 Å². The van der Waals surface area contributed by atoms with Crippen molar-refractivity contribution in [1.82, 2.24) is 10.6 Å². The zero-order valence-corrected chi connectivity index (χ0v) is 10.3. The fourth-order valence-corrected chi connectivity index (χ4v) is 1.43. The molecule has 3 nitrogen and oxygen atoms in total. The van der Waals surface area contributed by atoms with Crippen LogP contribution in [0.3, 0.4) is 0 Å². The molecule has 0 aliphatic heterocycles. The number of alkyl halides is 3. The van der Waals surface area contributed by atoms with Crippen LogP contribution in [-0.4, -0.2) is 19.6 Å². The summed E-state index contributed by atoms with van der Waals surface area (Å²) >= 11 is 0. The lowest BCUT2D eigenvalue weighted by molar-refractivity contribution is -0.137. The molecule has 0 radical (unpaired) electrons. The summed E-state index contributed by atoms with van der Waals surface area (Å²) in [7, 11) is 1.61. The first-order valence-corrected chi connectivity index (χ1v) is 5.58. The van der Waals surface area contributed by atoms with Crippen LogP contribution in [0.1, 0.15) is 18.1 Å². The van der Waals surface area contributed by atoms with E-state index in [9.17, 15) is 13.2 Å². The van der Waals surface area contributed by atoms with E-state index in [1.54, 1.807) is 13.1 Å². The van der Waals surface area contributed by atoms with E-state index in [-0.39, 0.29) is 0 Å². The summed E-state index contributed by atoms with van der Waals surface area (Å²) in [4.78, 5) is 3.94. The molecule has 1 aromatic rings. The molecule has 0 fully saturated rings. The maximum absolute atomic E-state index is 12.5. The Kier molecular flexibility index (Phi) is 5.00. The number of nitrogens with one attached hydrogen (secondary N) is 2. The van der Waals surface area contributed by atoms with Crippen LogP contribution in [0.5, 0.6) is 0 Å². The maximum atomic E-state index is 12.5. The first-order chi connectivity index (χ1) is 8.47. The van der Waals surface area contributed by atoms with Gasteiger partial charge in [0, 0.05) is 20.1 Å². The van der Waals surface area contributed by atoms with E-state index < -0.39 is 11.7 Å². The highest BCUT2D eigenvalue weighted by molar-refractivity contribution is 5.79. The normalized spacial score (nSPS) is 12.4. The lowest BCUT2D eigenvalue weighted by Gasteiger charge is -2.12. The lowest BCUT2D eigenvalue weighted by atomic mass is 10.1. The summed E-state index contributed by atoms with van der Waals surface area (Å²) in [6, 6.07) is 5.23. The van der Waals surface area contributed by atoms with Crippen molar-refractivity contribution in [3.05, 3.63) is 35.4 Å². The van der Waals surface area contributed by atoms with E-state index in [0.717, 1.165) is 12.1 Å². The van der Waals surface area contributed by atoms with Crippen molar-refractivity contribution < 1.29 is 13.2 Å². The molecule has 0 atom stereocenters. The van der Waals surface area contributed by atoms with Crippen LogP contribution in [-0.2, 0) is 12.7 Å². The SMILES string of the molecule is CCNC(=NC)NCc1cccc(C(F)(F)F)c1. The number of hydrogen-bond acceptors (Lipinski definition) is 1. The minimum atomic E-state index is -4.31. The number of benzene rings is 1. The van der Waals surface area contributed by atoms with E-state index in [1.165, 1.54) is 6.07 Å². The topological polar surface area (TPSA) is 36.4 Å². The van der Waals surface area contributed by atoms with Crippen LogP contribution in [0.2, 0.25) is 0 Å². The van der Waals surface area contributed by atoms with Gasteiger partial charge in [0.2, 0.25) is 0 Å². The Morgan fingerprint density at radius 3 is 2.56 bits per heavy atom. The number of aliphatic imine (C=N–C) groups is 1. The lowest BCUT2D eigenvalue weighted by Crippen LogP contribution is -2.36. The number of rotatable bonds is 3. The highest BCUT2D eigenvalue weighted by Gasteiger charge is 2.30. The van der Waals surface area contributed by atoms with Crippen molar-refractivity contribution in [2.75, 3.05) is 13.6 Å². The number of halogens is 3. The summed E-state index contributed by atoms with van der Waals surface area (Å²) < 4.78 is 37.5. The van der Waals surface area contributed by atoms with E-state index in [1.807, 2.05) is 6.92 Å². The van der Waals surface area contributed by atoms with Gasteiger partial charge < -0.3 is 10.6 Å². The van der Waals surface area contributed by atoms with Crippen molar-refractivity contribution in [1.29, 1.82) is 0 Å². The molecule has 6 heteroatoms. The Morgan fingerprint density at radius 2 is 2.00 bits per heavy atom. The van der Waals surface area contributed by atoms with Crippen LogP contribution < -0.4 is 10.6 Å². The van der Waals surface area contributed by atoms with Crippen LogP contribution >= 0.6 is 0 Å². The zero-order chi connectivity index (χ0) is 13.6. The molecule has 2 N–H and O–H groups in total. The molecule has 18 heavy (non-hydrogen) atoms. The second-order valence-electron chi connectivity index (χ2n) is 3.65. The van der Waals surface area contributed by atoms with Gasteiger partial charge in [0.15, 0.2) is 5.96 Å². The van der Waals surface area contributed by atoms with Crippen LogP contribution in [0, 0.1) is 0 Å². The van der Waals surface area contributed by atoms with Gasteiger partial charge in [-0.25, -0.2) is 0 Å². The number of hydrogen-bond donors (Lipinski definition) is 2. The molecule has 0 saturated heterocycles. The third-order valence-corrected chi connectivity index (χ3v) is 2.28. The molecular formula is C12H16F3N3. The van der Waals surface area contributed by atoms with Gasteiger partial charge in [-0.05, 0) is 24.6 Å². The molecule has 0 unspecified atom stereocenters. The number of nitrogens with zero attached hydrogens (tertiary/aromatic N) is 1. The maximum Gasteiger partial charge on any atom is 0.416 e. The van der Waals surface area contributed by atoms with E-state index >= 15 is 0 Å².